The van der Waals surface area contributed by atoms with Gasteiger partial charge in [0.2, 0.25) is 0 Å². The summed E-state index contributed by atoms with van der Waals surface area (Å²) < 4.78 is 11.2. The van der Waals surface area contributed by atoms with Gasteiger partial charge < -0.3 is 9.47 Å². The van der Waals surface area contributed by atoms with E-state index in [-0.39, 0.29) is 0 Å². The molecule has 0 radical (unpaired) electrons. The van der Waals surface area contributed by atoms with E-state index in [9.17, 15) is 0 Å². The maximum Gasteiger partial charge on any atom is 0.0960 e. The molecule has 2 rings (SSSR count). The van der Waals surface area contributed by atoms with E-state index in [1.165, 1.54) is 5.57 Å². The molecule has 1 saturated heterocycles. The molecular formula is C16H25NO2. The van der Waals surface area contributed by atoms with Crippen molar-refractivity contribution in [2.24, 2.45) is 0 Å². The normalized spacial score (nSPS) is 26.8. The largest absolute Gasteiger partial charge is 0.498 e. The van der Waals surface area contributed by atoms with Crippen LogP contribution in [0.2, 0.25) is 0 Å². The van der Waals surface area contributed by atoms with Gasteiger partial charge in [0.05, 0.1) is 25.6 Å². The Morgan fingerprint density at radius 1 is 1.26 bits per heavy atom. The van der Waals surface area contributed by atoms with Crippen LogP contribution in [0.3, 0.4) is 0 Å². The van der Waals surface area contributed by atoms with Crippen molar-refractivity contribution in [2.45, 2.75) is 26.2 Å². The van der Waals surface area contributed by atoms with Crippen LogP contribution in [0, 0.1) is 0 Å². The number of hydrogen-bond donors (Lipinski definition) is 0. The minimum atomic E-state index is 0.819. The van der Waals surface area contributed by atoms with Gasteiger partial charge in [-0.2, -0.15) is 0 Å². The number of allylic oxidation sites excluding steroid dienone is 5. The highest BCUT2D eigenvalue weighted by Crippen LogP contribution is 2.12. The summed E-state index contributed by atoms with van der Waals surface area (Å²) in [5.41, 5.74) is 1.34. The maximum absolute atomic E-state index is 5.87. The minimum absolute atomic E-state index is 0.819. The average Bonchev–Trinajstić information content (AvgIpc) is 2.41. The van der Waals surface area contributed by atoms with Gasteiger partial charge in [-0.15, -0.1) is 0 Å². The van der Waals surface area contributed by atoms with Crippen molar-refractivity contribution in [1.82, 2.24) is 4.90 Å². The molecule has 0 N–H and O–H groups in total. The van der Waals surface area contributed by atoms with Crippen molar-refractivity contribution in [3.8, 4) is 0 Å². The summed E-state index contributed by atoms with van der Waals surface area (Å²) in [6, 6.07) is 0. The highest BCUT2D eigenvalue weighted by molar-refractivity contribution is 5.21. The number of hydrogen-bond acceptors (Lipinski definition) is 3. The van der Waals surface area contributed by atoms with Crippen LogP contribution in [0.25, 0.3) is 0 Å². The van der Waals surface area contributed by atoms with E-state index >= 15 is 0 Å². The molecule has 0 aromatic rings. The number of nitrogens with zero attached hydrogens (tertiary/aromatic N) is 1. The van der Waals surface area contributed by atoms with E-state index in [1.54, 1.807) is 0 Å². The first-order chi connectivity index (χ1) is 9.34. The summed E-state index contributed by atoms with van der Waals surface area (Å²) >= 11 is 0. The zero-order valence-electron chi connectivity index (χ0n) is 11.9. The molecule has 0 spiro atoms. The second-order valence-corrected chi connectivity index (χ2v) is 5.12. The first-order valence-electron chi connectivity index (χ1n) is 7.30. The molecule has 1 heterocycles. The Bertz CT molecular complexity index is 352. The lowest BCUT2D eigenvalue weighted by Crippen LogP contribution is -2.37. The van der Waals surface area contributed by atoms with Gasteiger partial charge in [0.15, 0.2) is 0 Å². The van der Waals surface area contributed by atoms with Crippen LogP contribution in [0.15, 0.2) is 35.6 Å². The third kappa shape index (κ3) is 5.62. The summed E-state index contributed by atoms with van der Waals surface area (Å²) in [7, 11) is 0. The lowest BCUT2D eigenvalue weighted by molar-refractivity contribution is 0.0343. The molecule has 0 amide bonds. The van der Waals surface area contributed by atoms with E-state index in [1.807, 2.05) is 0 Å². The Kier molecular flexibility index (Phi) is 6.18. The smallest absolute Gasteiger partial charge is 0.0960 e. The van der Waals surface area contributed by atoms with Crippen LogP contribution in [0.5, 0.6) is 0 Å². The first-order valence-corrected chi connectivity index (χ1v) is 7.30. The van der Waals surface area contributed by atoms with Crippen molar-refractivity contribution < 1.29 is 9.47 Å². The van der Waals surface area contributed by atoms with Crippen molar-refractivity contribution in [3.63, 3.8) is 0 Å². The van der Waals surface area contributed by atoms with Gasteiger partial charge in [0, 0.05) is 26.1 Å². The number of ether oxygens (including phenoxy) is 2. The van der Waals surface area contributed by atoms with Gasteiger partial charge in [-0.1, -0.05) is 23.8 Å². The van der Waals surface area contributed by atoms with Crippen molar-refractivity contribution in [3.05, 3.63) is 35.6 Å². The summed E-state index contributed by atoms with van der Waals surface area (Å²) in [4.78, 5) is 2.45. The molecule has 106 valence electrons. The summed E-state index contributed by atoms with van der Waals surface area (Å²) in [5, 5.41) is 0. The summed E-state index contributed by atoms with van der Waals surface area (Å²) in [5.74, 6) is 1.11. The number of rotatable bonds is 5. The second kappa shape index (κ2) is 8.18. The lowest BCUT2D eigenvalue weighted by atomic mass is 10.1. The van der Waals surface area contributed by atoms with Crippen molar-refractivity contribution in [1.29, 1.82) is 0 Å². The first kappa shape index (κ1) is 14.4. The Hall–Kier alpha value is -1.06. The lowest BCUT2D eigenvalue weighted by Gasteiger charge is -2.26. The summed E-state index contributed by atoms with van der Waals surface area (Å²) in [6.45, 7) is 7.96. The molecule has 0 atom stereocenters. The third-order valence-electron chi connectivity index (χ3n) is 3.49. The number of morpholine rings is 1. The fourth-order valence-corrected chi connectivity index (χ4v) is 2.32. The summed E-state index contributed by atoms with van der Waals surface area (Å²) in [6.07, 6.45) is 11.8. The molecule has 0 saturated carbocycles. The molecule has 3 heteroatoms. The Balaban J connectivity index is 1.62. The fraction of sp³-hybridized carbons (Fsp3) is 0.625. The molecule has 1 fully saturated rings. The zero-order chi connectivity index (χ0) is 13.3. The minimum Gasteiger partial charge on any atom is -0.498 e. The SMILES string of the molecule is C/C1=C/C/C=C(/OCCCN2CCOCC2)CC=C1. The van der Waals surface area contributed by atoms with Gasteiger partial charge in [0.1, 0.15) is 0 Å². The van der Waals surface area contributed by atoms with Gasteiger partial charge in [-0.3, -0.25) is 4.90 Å². The molecule has 19 heavy (non-hydrogen) atoms. The van der Waals surface area contributed by atoms with E-state index < -0.39 is 0 Å². The standard InChI is InChI=1S/C16H25NO2/c1-15-5-2-7-16(8-3-6-15)19-12-4-9-17-10-13-18-14-11-17/h2,5-6,8H,3-4,7,9-14H2,1H3/b5-2?,15-6-,16-8+. The van der Waals surface area contributed by atoms with E-state index in [4.69, 9.17) is 9.47 Å². The average molecular weight is 263 g/mol. The van der Waals surface area contributed by atoms with Crippen LogP contribution in [-0.4, -0.2) is 44.4 Å². The highest BCUT2D eigenvalue weighted by Gasteiger charge is 2.09. The molecule has 1 aliphatic heterocycles. The predicted molar refractivity (Wildman–Crippen MR) is 78.0 cm³/mol. The predicted octanol–water partition coefficient (Wildman–Crippen LogP) is 2.91. The molecule has 1 aliphatic carbocycles. The van der Waals surface area contributed by atoms with Gasteiger partial charge >= 0.3 is 0 Å². The van der Waals surface area contributed by atoms with Gasteiger partial charge in [0.25, 0.3) is 0 Å². The van der Waals surface area contributed by atoms with E-state index in [0.29, 0.717) is 0 Å². The molecule has 0 aromatic heterocycles. The topological polar surface area (TPSA) is 21.7 Å². The van der Waals surface area contributed by atoms with Gasteiger partial charge in [-0.25, -0.2) is 0 Å². The zero-order valence-corrected chi connectivity index (χ0v) is 11.9. The molecule has 0 aromatic carbocycles. The van der Waals surface area contributed by atoms with E-state index in [0.717, 1.165) is 64.5 Å². The van der Waals surface area contributed by atoms with Crippen LogP contribution in [-0.2, 0) is 9.47 Å². The molecular weight excluding hydrogens is 238 g/mol. The van der Waals surface area contributed by atoms with Crippen LogP contribution >= 0.6 is 0 Å². The Morgan fingerprint density at radius 2 is 2.11 bits per heavy atom. The fourth-order valence-electron chi connectivity index (χ4n) is 2.32. The maximum atomic E-state index is 5.87. The second-order valence-electron chi connectivity index (χ2n) is 5.12. The quantitative estimate of drug-likeness (QED) is 0.712. The van der Waals surface area contributed by atoms with Gasteiger partial charge in [-0.05, 0) is 25.8 Å². The van der Waals surface area contributed by atoms with Crippen LogP contribution < -0.4 is 0 Å². The van der Waals surface area contributed by atoms with Crippen molar-refractivity contribution in [2.75, 3.05) is 39.5 Å². The van der Waals surface area contributed by atoms with Crippen molar-refractivity contribution >= 4 is 0 Å². The Labute approximate surface area is 116 Å². The van der Waals surface area contributed by atoms with Crippen LogP contribution in [0.1, 0.15) is 26.2 Å². The monoisotopic (exact) mass is 263 g/mol. The van der Waals surface area contributed by atoms with Crippen LogP contribution in [0.4, 0.5) is 0 Å². The molecule has 0 bridgehead atoms. The Morgan fingerprint density at radius 3 is 2.95 bits per heavy atom. The molecule has 2 aliphatic rings. The third-order valence-corrected chi connectivity index (χ3v) is 3.49. The van der Waals surface area contributed by atoms with E-state index in [2.05, 4.69) is 36.1 Å². The molecule has 3 nitrogen and oxygen atoms in total. The highest BCUT2D eigenvalue weighted by atomic mass is 16.5. The molecule has 0 unspecified atom stereocenters.